The number of amides is 10. The van der Waals surface area contributed by atoms with E-state index in [1.54, 1.807) is 13.2 Å². The lowest BCUT2D eigenvalue weighted by Crippen LogP contribution is -2.62. The molecule has 0 aromatic heterocycles. The van der Waals surface area contributed by atoms with Crippen LogP contribution in [0.4, 0.5) is 0 Å². The monoisotopic (exact) mass is 1120 g/mol. The Kier molecular flexibility index (Phi) is 32.3. The van der Waals surface area contributed by atoms with Gasteiger partial charge in [0.05, 0.1) is 38.2 Å². The molecule has 0 aromatic carbocycles. The highest BCUT2D eigenvalue weighted by molar-refractivity contribution is 7.98. The van der Waals surface area contributed by atoms with E-state index in [1.165, 1.54) is 25.6 Å². The molecule has 33 nitrogen and oxygen atoms in total. The van der Waals surface area contributed by atoms with E-state index in [0.29, 0.717) is 0 Å². The first-order valence-corrected chi connectivity index (χ1v) is 25.2. The van der Waals surface area contributed by atoms with E-state index < -0.39 is 188 Å². The van der Waals surface area contributed by atoms with Crippen molar-refractivity contribution in [1.82, 2.24) is 47.9 Å². The van der Waals surface area contributed by atoms with Crippen molar-refractivity contribution in [3.05, 3.63) is 0 Å². The van der Waals surface area contributed by atoms with Gasteiger partial charge in [0.1, 0.15) is 54.4 Å². The number of rotatable bonds is 38. The molecule has 0 saturated carbocycles. The van der Waals surface area contributed by atoms with Crippen molar-refractivity contribution in [3.8, 4) is 0 Å². The van der Waals surface area contributed by atoms with Crippen LogP contribution < -0.4 is 70.8 Å². The molecular formula is C43H74N14O19S. The van der Waals surface area contributed by atoms with Crippen molar-refractivity contribution in [1.29, 1.82) is 0 Å². The molecule has 0 heterocycles. The third-order valence-electron chi connectivity index (χ3n) is 11.1. The third kappa shape index (κ3) is 26.8. The molecule has 23 N–H and O–H groups in total. The maximum Gasteiger partial charge on any atom is 0.326 e. The summed E-state index contributed by atoms with van der Waals surface area (Å²) in [6, 6.07) is -16.7. The van der Waals surface area contributed by atoms with Crippen LogP contribution in [-0.4, -0.2) is 212 Å². The van der Waals surface area contributed by atoms with Crippen molar-refractivity contribution >= 4 is 94.7 Å². The predicted molar refractivity (Wildman–Crippen MR) is 270 cm³/mol. The van der Waals surface area contributed by atoms with Gasteiger partial charge in [-0.05, 0) is 57.5 Å². The number of carbonyl (C=O) groups excluding carboxylic acids is 10. The molecule has 0 aliphatic heterocycles. The first-order valence-electron chi connectivity index (χ1n) is 23.8. The second-order valence-electron chi connectivity index (χ2n) is 17.4. The minimum absolute atomic E-state index is 0.0303. The van der Waals surface area contributed by atoms with E-state index in [4.69, 9.17) is 33.1 Å². The number of carbonyl (C=O) groups is 13. The summed E-state index contributed by atoms with van der Waals surface area (Å²) in [7, 11) is 0. The molecule has 0 aromatic rings. The summed E-state index contributed by atoms with van der Waals surface area (Å²) in [6.07, 6.45) is -2.97. The van der Waals surface area contributed by atoms with Crippen LogP contribution in [0.15, 0.2) is 4.99 Å². The maximum absolute atomic E-state index is 13.8. The number of hydrogen-bond donors (Lipinski definition) is 19. The Bertz CT molecular complexity index is 2120. The van der Waals surface area contributed by atoms with Gasteiger partial charge in [0.15, 0.2) is 5.96 Å². The van der Waals surface area contributed by atoms with Gasteiger partial charge in [-0.25, -0.2) is 4.79 Å². The van der Waals surface area contributed by atoms with Crippen LogP contribution in [0.5, 0.6) is 0 Å². The van der Waals surface area contributed by atoms with Gasteiger partial charge in [0.2, 0.25) is 59.1 Å². The fraction of sp³-hybridized carbons (Fsp3) is 0.674. The van der Waals surface area contributed by atoms with Crippen molar-refractivity contribution in [2.24, 2.45) is 33.8 Å². The number of thioether (sulfide) groups is 1. The van der Waals surface area contributed by atoms with E-state index in [1.807, 2.05) is 0 Å². The summed E-state index contributed by atoms with van der Waals surface area (Å²) < 4.78 is 0. The Hall–Kier alpha value is -7.43. The second kappa shape index (κ2) is 35.8. The maximum atomic E-state index is 13.8. The molecule has 12 atom stereocenters. The zero-order chi connectivity index (χ0) is 59.3. The van der Waals surface area contributed by atoms with Gasteiger partial charge >= 0.3 is 17.9 Å². The van der Waals surface area contributed by atoms with Crippen molar-refractivity contribution in [2.45, 2.75) is 146 Å². The fourth-order valence-corrected chi connectivity index (χ4v) is 6.99. The summed E-state index contributed by atoms with van der Waals surface area (Å²) in [6.45, 7) is 3.16. The third-order valence-corrected chi connectivity index (χ3v) is 11.7. The summed E-state index contributed by atoms with van der Waals surface area (Å²) in [4.78, 5) is 169. The minimum Gasteiger partial charge on any atom is -0.481 e. The Morgan fingerprint density at radius 2 is 0.974 bits per heavy atom. The number of carboxylic acids is 3. The lowest BCUT2D eigenvalue weighted by atomic mass is 9.97. The van der Waals surface area contributed by atoms with Gasteiger partial charge < -0.3 is 101 Å². The average Bonchev–Trinajstić information content (AvgIpc) is 3.34. The van der Waals surface area contributed by atoms with Crippen LogP contribution in [0, 0.1) is 5.92 Å². The lowest BCUT2D eigenvalue weighted by Gasteiger charge is -2.29. The molecular weight excluding hydrogens is 1050 g/mol. The first kappa shape index (κ1) is 69.6. The van der Waals surface area contributed by atoms with Crippen LogP contribution in [0.2, 0.25) is 0 Å². The molecule has 0 saturated heterocycles. The number of aliphatic imine (C=N–C) groups is 1. The minimum atomic E-state index is -1.90. The second-order valence-corrected chi connectivity index (χ2v) is 18.4. The average molecular weight is 1120 g/mol. The quantitative estimate of drug-likeness (QED) is 0.0155. The summed E-state index contributed by atoms with van der Waals surface area (Å²) in [5.41, 5.74) is 21.5. The zero-order valence-electron chi connectivity index (χ0n) is 43.1. The van der Waals surface area contributed by atoms with Crippen molar-refractivity contribution in [2.75, 3.05) is 31.8 Å². The van der Waals surface area contributed by atoms with Crippen LogP contribution in [-0.2, 0) is 62.3 Å². The molecule has 436 valence electrons. The molecule has 0 rings (SSSR count). The van der Waals surface area contributed by atoms with Gasteiger partial charge in [-0.15, -0.1) is 0 Å². The number of aliphatic carboxylic acids is 3. The van der Waals surface area contributed by atoms with Crippen LogP contribution in [0.25, 0.3) is 0 Å². The SMILES string of the molecule is CC[C@H](C)[C@H](NC(=O)[C@@H](NC(=O)[C@H](CCCN=C(N)N)NC(=O)[C@H](C)NC(=O)[C@H](CCSC)NC(=O)[C@H](CO)NC(=O)[C@H](CO)NC(=O)[C@H](CCC(=O)O)NC(=O)[C@@H](N)CC(=O)O)[C@@H](C)O)C(=O)N[C@@H](CC(N)=O)C(=O)O. The summed E-state index contributed by atoms with van der Waals surface area (Å²) >= 11 is 1.23. The first-order chi connectivity index (χ1) is 35.9. The number of primary amides is 1. The molecule has 0 aliphatic carbocycles. The number of nitrogens with two attached hydrogens (primary N) is 4. The standard InChI is InChI=1S/C43H74N14O19S/c1-6-18(2)31(40(73)53-25(42(75)76)15-28(45)61)56-41(74)32(20(4)60)57-37(70)22(8-7-12-48-43(46)47)50-33(66)19(3)49-35(68)24(11-13-77-5)52-38(71)26(16-58)55-39(72)27(17-59)54-36(69)23(9-10-29(62)63)51-34(67)21(44)14-30(64)65/h18-27,31-32,58-60H,6-17,44H2,1-5H3,(H2,45,61)(H,49,68)(H,50,66)(H,51,67)(H,52,71)(H,53,73)(H,54,69)(H,55,72)(H,56,74)(H,57,70)(H,62,63)(H,64,65)(H,75,76)(H4,46,47,48)/t18-,19-,20+,21-,22-,23-,24-,25-,26-,27-,31-,32-/m0/s1. The van der Waals surface area contributed by atoms with Gasteiger partial charge in [-0.2, -0.15) is 11.8 Å². The fourth-order valence-electron chi connectivity index (χ4n) is 6.52. The van der Waals surface area contributed by atoms with Gasteiger partial charge in [-0.3, -0.25) is 62.5 Å². The predicted octanol–water partition coefficient (Wildman–Crippen LogP) is -8.79. The van der Waals surface area contributed by atoms with E-state index in [0.717, 1.165) is 6.92 Å². The van der Waals surface area contributed by atoms with Gasteiger partial charge in [-0.1, -0.05) is 20.3 Å². The number of guanidine groups is 1. The largest absolute Gasteiger partial charge is 0.481 e. The smallest absolute Gasteiger partial charge is 0.326 e. The molecule has 77 heavy (non-hydrogen) atoms. The Morgan fingerprint density at radius 3 is 1.44 bits per heavy atom. The molecule has 0 fully saturated rings. The number of aliphatic hydroxyl groups excluding tert-OH is 3. The highest BCUT2D eigenvalue weighted by atomic mass is 32.2. The summed E-state index contributed by atoms with van der Waals surface area (Å²) in [5.74, 6) is -16.3. The Morgan fingerprint density at radius 1 is 0.532 bits per heavy atom. The van der Waals surface area contributed by atoms with Crippen molar-refractivity contribution in [3.63, 3.8) is 0 Å². The number of hydrogen-bond acceptors (Lipinski definition) is 19. The molecule has 0 radical (unpaired) electrons. The normalized spacial score (nSPS) is 15.6. The van der Waals surface area contributed by atoms with E-state index in [-0.39, 0.29) is 43.9 Å². The highest BCUT2D eigenvalue weighted by Gasteiger charge is 2.37. The number of nitrogens with zero attached hydrogens (tertiary/aromatic N) is 1. The highest BCUT2D eigenvalue weighted by Crippen LogP contribution is 2.12. The number of aliphatic hydroxyl groups is 3. The number of carboxylic acid groups (broad SMARTS) is 3. The van der Waals surface area contributed by atoms with E-state index in [9.17, 15) is 82.8 Å². The Labute approximate surface area is 445 Å². The molecule has 10 amide bonds. The lowest BCUT2D eigenvalue weighted by molar-refractivity contribution is -0.144. The summed E-state index contributed by atoms with van der Waals surface area (Å²) in [5, 5.41) is 78.4. The van der Waals surface area contributed by atoms with E-state index in [2.05, 4.69) is 52.8 Å². The molecule has 0 unspecified atom stereocenters. The molecule has 34 heteroatoms. The van der Waals surface area contributed by atoms with Crippen molar-refractivity contribution < 1.29 is 93.0 Å². The molecule has 0 bridgehead atoms. The molecule has 0 aliphatic rings. The van der Waals surface area contributed by atoms with Crippen LogP contribution in [0.1, 0.15) is 79.1 Å². The zero-order valence-corrected chi connectivity index (χ0v) is 43.9. The Balaban J connectivity index is 6.36. The van der Waals surface area contributed by atoms with Crippen LogP contribution in [0.3, 0.4) is 0 Å². The van der Waals surface area contributed by atoms with E-state index >= 15 is 0 Å². The van der Waals surface area contributed by atoms with Gasteiger partial charge in [0.25, 0.3) is 0 Å². The van der Waals surface area contributed by atoms with Crippen LogP contribution >= 0.6 is 11.8 Å². The van der Waals surface area contributed by atoms with Gasteiger partial charge in [0, 0.05) is 13.0 Å². The molecule has 0 spiro atoms. The number of nitrogens with one attached hydrogen (secondary N) is 9. The topological polar surface area (TPSA) is 568 Å².